The maximum Gasteiger partial charge on any atom is 0.307 e. The first-order chi connectivity index (χ1) is 8.53. The first-order valence-corrected chi connectivity index (χ1v) is 6.50. The Morgan fingerprint density at radius 2 is 1.79 bits per heavy atom. The predicted molar refractivity (Wildman–Crippen MR) is 71.7 cm³/mol. The van der Waals surface area contributed by atoms with E-state index in [1.54, 1.807) is 6.08 Å². The standard InChI is InChI=1S/C8H12O3.C7H10O/c1-8(2)4-5(9)3-6(8)7(10)11;1-7(2)4-3-6(8)5-7/h6H,3-4H2,1-2H3,(H,10,11);3-4H,5H2,1-2H3. The molecule has 0 aliphatic heterocycles. The molecule has 1 unspecified atom stereocenters. The summed E-state index contributed by atoms with van der Waals surface area (Å²) in [6.45, 7) is 7.79. The number of carbonyl (C=O) groups excluding carboxylic acids is 2. The van der Waals surface area contributed by atoms with Gasteiger partial charge in [0.2, 0.25) is 0 Å². The SMILES string of the molecule is CC1(C)C=CC(=O)C1.CC1(C)CC(=O)CC1C(=O)O. The molecule has 0 aromatic rings. The van der Waals surface area contributed by atoms with E-state index in [0.29, 0.717) is 12.8 Å². The number of rotatable bonds is 1. The Morgan fingerprint density at radius 1 is 1.21 bits per heavy atom. The van der Waals surface area contributed by atoms with E-state index in [1.165, 1.54) is 0 Å². The van der Waals surface area contributed by atoms with Gasteiger partial charge in [0.25, 0.3) is 0 Å². The minimum atomic E-state index is -0.846. The molecule has 0 radical (unpaired) electrons. The van der Waals surface area contributed by atoms with Gasteiger partial charge in [0, 0.05) is 19.3 Å². The van der Waals surface area contributed by atoms with Crippen LogP contribution in [-0.4, -0.2) is 22.6 Å². The van der Waals surface area contributed by atoms with Gasteiger partial charge < -0.3 is 5.11 Å². The molecule has 0 spiro atoms. The van der Waals surface area contributed by atoms with Crippen LogP contribution in [0.2, 0.25) is 0 Å². The molecule has 4 heteroatoms. The van der Waals surface area contributed by atoms with Crippen molar-refractivity contribution in [3.05, 3.63) is 12.2 Å². The van der Waals surface area contributed by atoms with Crippen LogP contribution in [0.3, 0.4) is 0 Å². The van der Waals surface area contributed by atoms with E-state index in [0.717, 1.165) is 0 Å². The fourth-order valence-corrected chi connectivity index (χ4v) is 2.51. The molecule has 0 heterocycles. The first-order valence-electron chi connectivity index (χ1n) is 6.50. The molecule has 19 heavy (non-hydrogen) atoms. The lowest BCUT2D eigenvalue weighted by atomic mass is 9.82. The highest BCUT2D eigenvalue weighted by atomic mass is 16.4. The van der Waals surface area contributed by atoms with Gasteiger partial charge in [-0.2, -0.15) is 0 Å². The first kappa shape index (κ1) is 15.6. The summed E-state index contributed by atoms with van der Waals surface area (Å²) in [5.74, 6) is -0.992. The van der Waals surface area contributed by atoms with Crippen molar-refractivity contribution in [1.29, 1.82) is 0 Å². The Bertz CT molecular complexity index is 429. The van der Waals surface area contributed by atoms with Crippen LogP contribution >= 0.6 is 0 Å². The van der Waals surface area contributed by atoms with Crippen molar-refractivity contribution in [3.8, 4) is 0 Å². The average molecular weight is 266 g/mol. The van der Waals surface area contributed by atoms with Crippen LogP contribution in [0.25, 0.3) is 0 Å². The molecule has 0 saturated heterocycles. The number of allylic oxidation sites excluding steroid dienone is 2. The molecule has 1 atom stereocenters. The fraction of sp³-hybridized carbons (Fsp3) is 0.667. The van der Waals surface area contributed by atoms with Gasteiger partial charge in [-0.3, -0.25) is 14.4 Å². The summed E-state index contributed by atoms with van der Waals surface area (Å²) in [6.07, 6.45) is 4.94. The number of carboxylic acid groups (broad SMARTS) is 1. The lowest BCUT2D eigenvalue weighted by molar-refractivity contribution is -0.145. The second kappa shape index (κ2) is 5.27. The topological polar surface area (TPSA) is 71.4 Å². The molecule has 2 rings (SSSR count). The van der Waals surface area contributed by atoms with Gasteiger partial charge in [-0.1, -0.05) is 33.8 Å². The quantitative estimate of drug-likeness (QED) is 0.792. The van der Waals surface area contributed by atoms with Crippen molar-refractivity contribution in [2.75, 3.05) is 0 Å². The van der Waals surface area contributed by atoms with E-state index in [1.807, 2.05) is 19.9 Å². The minimum Gasteiger partial charge on any atom is -0.481 e. The summed E-state index contributed by atoms with van der Waals surface area (Å²) in [7, 11) is 0. The highest BCUT2D eigenvalue weighted by molar-refractivity contribution is 5.92. The minimum absolute atomic E-state index is 0.0717. The number of ketones is 2. The molecule has 1 N–H and O–H groups in total. The summed E-state index contributed by atoms with van der Waals surface area (Å²) in [4.78, 5) is 32.1. The largest absolute Gasteiger partial charge is 0.481 e. The van der Waals surface area contributed by atoms with Gasteiger partial charge in [-0.25, -0.2) is 0 Å². The number of aliphatic carboxylic acids is 1. The average Bonchev–Trinajstić information content (AvgIpc) is 2.66. The van der Waals surface area contributed by atoms with Crippen LogP contribution in [0, 0.1) is 16.7 Å². The molecule has 1 fully saturated rings. The van der Waals surface area contributed by atoms with Crippen molar-refractivity contribution in [1.82, 2.24) is 0 Å². The lowest BCUT2D eigenvalue weighted by Gasteiger charge is -2.21. The molecule has 1 saturated carbocycles. The van der Waals surface area contributed by atoms with Gasteiger partial charge in [0.15, 0.2) is 5.78 Å². The molecule has 4 nitrogen and oxygen atoms in total. The number of hydrogen-bond donors (Lipinski definition) is 1. The Labute approximate surface area is 113 Å². The summed E-state index contributed by atoms with van der Waals surface area (Å²) in [5.41, 5.74) is -0.208. The molecule has 0 aromatic carbocycles. The van der Waals surface area contributed by atoms with Crippen molar-refractivity contribution in [3.63, 3.8) is 0 Å². The third-order valence-electron chi connectivity index (χ3n) is 3.68. The summed E-state index contributed by atoms with van der Waals surface area (Å²) in [6, 6.07) is 0. The van der Waals surface area contributed by atoms with Crippen LogP contribution in [0.15, 0.2) is 12.2 Å². The summed E-state index contributed by atoms with van der Waals surface area (Å²) < 4.78 is 0. The van der Waals surface area contributed by atoms with Crippen LogP contribution in [0.1, 0.15) is 47.0 Å². The van der Waals surface area contributed by atoms with Crippen molar-refractivity contribution in [2.45, 2.75) is 47.0 Å². The number of carboxylic acids is 1. The molecule has 0 aromatic heterocycles. The Morgan fingerprint density at radius 3 is 1.95 bits per heavy atom. The third-order valence-corrected chi connectivity index (χ3v) is 3.68. The smallest absolute Gasteiger partial charge is 0.307 e. The van der Waals surface area contributed by atoms with Crippen LogP contribution < -0.4 is 0 Å². The monoisotopic (exact) mass is 266 g/mol. The van der Waals surface area contributed by atoms with Gasteiger partial charge in [0.1, 0.15) is 5.78 Å². The van der Waals surface area contributed by atoms with E-state index in [2.05, 4.69) is 13.8 Å². The van der Waals surface area contributed by atoms with Gasteiger partial charge in [0.05, 0.1) is 5.92 Å². The van der Waals surface area contributed by atoms with E-state index >= 15 is 0 Å². The zero-order valence-electron chi connectivity index (χ0n) is 12.0. The van der Waals surface area contributed by atoms with Crippen molar-refractivity contribution >= 4 is 17.5 Å². The predicted octanol–water partition coefficient (Wildman–Crippen LogP) is 2.62. The zero-order chi connectivity index (χ0) is 14.8. The molecular formula is C15H22O4. The number of hydrogen-bond acceptors (Lipinski definition) is 3. The highest BCUT2D eigenvalue weighted by Crippen LogP contribution is 2.40. The molecule has 0 amide bonds. The van der Waals surface area contributed by atoms with E-state index in [-0.39, 0.29) is 28.8 Å². The third kappa shape index (κ3) is 4.30. The van der Waals surface area contributed by atoms with Crippen molar-refractivity contribution in [2.24, 2.45) is 16.7 Å². The van der Waals surface area contributed by atoms with Gasteiger partial charge in [-0.15, -0.1) is 0 Å². The Balaban J connectivity index is 0.000000200. The summed E-state index contributed by atoms with van der Waals surface area (Å²) in [5, 5.41) is 8.71. The maximum atomic E-state index is 10.9. The van der Waals surface area contributed by atoms with Crippen molar-refractivity contribution < 1.29 is 19.5 Å². The van der Waals surface area contributed by atoms with Crippen LogP contribution in [0.5, 0.6) is 0 Å². The zero-order valence-corrected chi connectivity index (χ0v) is 12.0. The molecule has 2 aliphatic carbocycles. The molecule has 106 valence electrons. The fourth-order valence-electron chi connectivity index (χ4n) is 2.51. The molecule has 0 bridgehead atoms. The van der Waals surface area contributed by atoms with E-state index in [9.17, 15) is 14.4 Å². The van der Waals surface area contributed by atoms with E-state index < -0.39 is 11.9 Å². The lowest BCUT2D eigenvalue weighted by Crippen LogP contribution is -2.25. The van der Waals surface area contributed by atoms with Gasteiger partial charge >= 0.3 is 5.97 Å². The highest BCUT2D eigenvalue weighted by Gasteiger charge is 2.43. The Hall–Kier alpha value is -1.45. The normalized spacial score (nSPS) is 27.1. The number of carbonyl (C=O) groups is 3. The molecular weight excluding hydrogens is 244 g/mol. The second-order valence-electron chi connectivity index (χ2n) is 6.76. The van der Waals surface area contributed by atoms with Crippen LogP contribution in [-0.2, 0) is 14.4 Å². The van der Waals surface area contributed by atoms with Crippen LogP contribution in [0.4, 0.5) is 0 Å². The molecule has 2 aliphatic rings. The van der Waals surface area contributed by atoms with E-state index in [4.69, 9.17) is 5.11 Å². The summed E-state index contributed by atoms with van der Waals surface area (Å²) >= 11 is 0. The Kier molecular flexibility index (Phi) is 4.33. The number of Topliss-reactive ketones (excluding diaryl/α,β-unsaturated/α-hetero) is 1. The van der Waals surface area contributed by atoms with Gasteiger partial charge in [-0.05, 0) is 16.9 Å². The second-order valence-corrected chi connectivity index (χ2v) is 6.76. The maximum absolute atomic E-state index is 10.9.